The van der Waals surface area contributed by atoms with E-state index in [-0.39, 0.29) is 5.78 Å². The van der Waals surface area contributed by atoms with Gasteiger partial charge in [-0.3, -0.25) is 9.59 Å². The van der Waals surface area contributed by atoms with Crippen molar-refractivity contribution >= 4 is 11.8 Å². The lowest BCUT2D eigenvalue weighted by Crippen LogP contribution is -1.98. The van der Waals surface area contributed by atoms with Crippen molar-refractivity contribution in [3.05, 3.63) is 11.8 Å². The largest absolute Gasteiger partial charge is 0.434 e. The monoisotopic (exact) mass is 156 g/mol. The van der Waals surface area contributed by atoms with E-state index in [1.807, 2.05) is 6.92 Å². The van der Waals surface area contributed by atoms with E-state index in [9.17, 15) is 9.59 Å². The molecule has 0 saturated carbocycles. The standard InChI is InChI=1S/C8H12O3/c1-4-8(6(2)9)5-11-7(3)10/h5H,4H2,1-3H3. The second-order valence-corrected chi connectivity index (χ2v) is 2.16. The van der Waals surface area contributed by atoms with Gasteiger partial charge in [-0.25, -0.2) is 0 Å². The molecule has 0 unspecified atom stereocenters. The molecule has 0 bridgehead atoms. The lowest BCUT2D eigenvalue weighted by Gasteiger charge is -1.97. The van der Waals surface area contributed by atoms with Crippen molar-refractivity contribution < 1.29 is 14.3 Å². The van der Waals surface area contributed by atoms with Crippen molar-refractivity contribution in [2.75, 3.05) is 0 Å². The molecule has 3 heteroatoms. The van der Waals surface area contributed by atoms with E-state index in [0.29, 0.717) is 12.0 Å². The Labute approximate surface area is 66.0 Å². The number of hydrogen-bond donors (Lipinski definition) is 0. The number of ether oxygens (including phenoxy) is 1. The Kier molecular flexibility index (Phi) is 4.18. The summed E-state index contributed by atoms with van der Waals surface area (Å²) >= 11 is 0. The zero-order valence-corrected chi connectivity index (χ0v) is 7.01. The number of carbonyl (C=O) groups is 2. The molecule has 0 aromatic rings. The van der Waals surface area contributed by atoms with Gasteiger partial charge in [0.25, 0.3) is 0 Å². The zero-order chi connectivity index (χ0) is 8.85. The maximum absolute atomic E-state index is 10.7. The van der Waals surface area contributed by atoms with Crippen LogP contribution in [0, 0.1) is 0 Å². The van der Waals surface area contributed by atoms with Crippen LogP contribution < -0.4 is 0 Å². The van der Waals surface area contributed by atoms with Crippen molar-refractivity contribution in [1.29, 1.82) is 0 Å². The molecule has 62 valence electrons. The van der Waals surface area contributed by atoms with Gasteiger partial charge in [-0.05, 0) is 13.3 Å². The number of Topliss-reactive ketones (excluding diaryl/α,β-unsaturated/α-hetero) is 1. The highest BCUT2D eigenvalue weighted by atomic mass is 16.5. The molecule has 0 saturated heterocycles. The van der Waals surface area contributed by atoms with Crippen molar-refractivity contribution in [1.82, 2.24) is 0 Å². The van der Waals surface area contributed by atoms with Crippen LogP contribution >= 0.6 is 0 Å². The summed E-state index contributed by atoms with van der Waals surface area (Å²) < 4.78 is 4.53. The molecule has 0 aliphatic rings. The molecule has 0 amide bonds. The summed E-state index contributed by atoms with van der Waals surface area (Å²) in [5.74, 6) is -0.467. The summed E-state index contributed by atoms with van der Waals surface area (Å²) in [5, 5.41) is 0. The Morgan fingerprint density at radius 2 is 1.91 bits per heavy atom. The van der Waals surface area contributed by atoms with Gasteiger partial charge < -0.3 is 4.74 Å². The normalized spacial score (nSPS) is 11.0. The summed E-state index contributed by atoms with van der Waals surface area (Å²) in [7, 11) is 0. The molecule has 0 aromatic heterocycles. The Bertz CT molecular complexity index is 192. The van der Waals surface area contributed by atoms with Crippen LogP contribution in [0.25, 0.3) is 0 Å². The van der Waals surface area contributed by atoms with Crippen molar-refractivity contribution in [2.24, 2.45) is 0 Å². The third kappa shape index (κ3) is 4.31. The first-order valence-electron chi connectivity index (χ1n) is 3.45. The average molecular weight is 156 g/mol. The average Bonchev–Trinajstić information content (AvgIpc) is 1.87. The highest BCUT2D eigenvalue weighted by Gasteiger charge is 2.00. The SMILES string of the molecule is CCC(=COC(C)=O)C(C)=O. The fourth-order valence-electron chi connectivity index (χ4n) is 0.569. The van der Waals surface area contributed by atoms with E-state index in [0.717, 1.165) is 0 Å². The Morgan fingerprint density at radius 1 is 1.36 bits per heavy atom. The number of allylic oxidation sites excluding steroid dienone is 1. The number of esters is 1. The number of hydrogen-bond acceptors (Lipinski definition) is 3. The van der Waals surface area contributed by atoms with Gasteiger partial charge in [0.2, 0.25) is 0 Å². The first kappa shape index (κ1) is 9.88. The Hall–Kier alpha value is -1.12. The fourth-order valence-corrected chi connectivity index (χ4v) is 0.569. The second kappa shape index (κ2) is 4.66. The summed E-state index contributed by atoms with van der Waals surface area (Å²) in [5.41, 5.74) is 0.528. The quantitative estimate of drug-likeness (QED) is 0.352. The highest BCUT2D eigenvalue weighted by Crippen LogP contribution is 2.01. The fraction of sp³-hybridized carbons (Fsp3) is 0.500. The predicted octanol–water partition coefficient (Wildman–Crippen LogP) is 1.43. The smallest absolute Gasteiger partial charge is 0.307 e. The topological polar surface area (TPSA) is 43.4 Å². The van der Waals surface area contributed by atoms with Crippen LogP contribution in [-0.2, 0) is 14.3 Å². The van der Waals surface area contributed by atoms with E-state index >= 15 is 0 Å². The Balaban J connectivity index is 4.13. The summed E-state index contributed by atoms with van der Waals surface area (Å²) in [6, 6.07) is 0. The van der Waals surface area contributed by atoms with Crippen molar-refractivity contribution in [2.45, 2.75) is 27.2 Å². The Morgan fingerprint density at radius 3 is 2.18 bits per heavy atom. The van der Waals surface area contributed by atoms with Gasteiger partial charge in [-0.1, -0.05) is 6.92 Å². The minimum atomic E-state index is -0.405. The molecule has 0 aromatic carbocycles. The van der Waals surface area contributed by atoms with E-state index in [1.54, 1.807) is 0 Å². The van der Waals surface area contributed by atoms with Gasteiger partial charge in [0, 0.05) is 12.5 Å². The molecule has 0 heterocycles. The third-order valence-corrected chi connectivity index (χ3v) is 1.20. The lowest BCUT2D eigenvalue weighted by atomic mass is 10.1. The molecule has 0 fully saturated rings. The molecule has 0 atom stereocenters. The molecular formula is C8H12O3. The van der Waals surface area contributed by atoms with Crippen LogP contribution in [0.3, 0.4) is 0 Å². The lowest BCUT2D eigenvalue weighted by molar-refractivity contribution is -0.135. The van der Waals surface area contributed by atoms with Gasteiger partial charge in [0.15, 0.2) is 5.78 Å². The van der Waals surface area contributed by atoms with Crippen LogP contribution in [0.15, 0.2) is 11.8 Å². The van der Waals surface area contributed by atoms with Crippen LogP contribution in [0.2, 0.25) is 0 Å². The maximum atomic E-state index is 10.7. The molecule has 0 aliphatic carbocycles. The van der Waals surface area contributed by atoms with E-state index < -0.39 is 5.97 Å². The number of carbonyl (C=O) groups excluding carboxylic acids is 2. The van der Waals surface area contributed by atoms with E-state index in [1.165, 1.54) is 20.1 Å². The van der Waals surface area contributed by atoms with Crippen LogP contribution in [-0.4, -0.2) is 11.8 Å². The minimum absolute atomic E-state index is 0.0613. The first-order chi connectivity index (χ1) is 5.07. The molecule has 0 rings (SSSR count). The maximum Gasteiger partial charge on any atom is 0.307 e. The molecule has 11 heavy (non-hydrogen) atoms. The van der Waals surface area contributed by atoms with Gasteiger partial charge >= 0.3 is 5.97 Å². The van der Waals surface area contributed by atoms with Gasteiger partial charge in [0.1, 0.15) is 6.26 Å². The van der Waals surface area contributed by atoms with Crippen molar-refractivity contribution in [3.63, 3.8) is 0 Å². The van der Waals surface area contributed by atoms with Crippen LogP contribution in [0.5, 0.6) is 0 Å². The summed E-state index contributed by atoms with van der Waals surface area (Å²) in [6.45, 7) is 4.57. The molecule has 0 aliphatic heterocycles. The van der Waals surface area contributed by atoms with Crippen LogP contribution in [0.4, 0.5) is 0 Å². The first-order valence-corrected chi connectivity index (χ1v) is 3.45. The zero-order valence-electron chi connectivity index (χ0n) is 7.01. The minimum Gasteiger partial charge on any atom is -0.434 e. The van der Waals surface area contributed by atoms with E-state index in [2.05, 4.69) is 4.74 Å². The molecular weight excluding hydrogens is 144 g/mol. The molecule has 0 spiro atoms. The van der Waals surface area contributed by atoms with Gasteiger partial charge in [-0.15, -0.1) is 0 Å². The van der Waals surface area contributed by atoms with Crippen molar-refractivity contribution in [3.8, 4) is 0 Å². The van der Waals surface area contributed by atoms with Crippen LogP contribution in [0.1, 0.15) is 27.2 Å². The molecule has 0 N–H and O–H groups in total. The number of ketones is 1. The summed E-state index contributed by atoms with van der Waals surface area (Å²) in [4.78, 5) is 21.0. The number of rotatable bonds is 3. The molecule has 3 nitrogen and oxygen atoms in total. The predicted molar refractivity (Wildman–Crippen MR) is 40.8 cm³/mol. The van der Waals surface area contributed by atoms with E-state index in [4.69, 9.17) is 0 Å². The third-order valence-electron chi connectivity index (χ3n) is 1.20. The van der Waals surface area contributed by atoms with Gasteiger partial charge in [0.05, 0.1) is 0 Å². The highest BCUT2D eigenvalue weighted by molar-refractivity contribution is 5.93. The second-order valence-electron chi connectivity index (χ2n) is 2.16. The summed E-state index contributed by atoms with van der Waals surface area (Å²) in [6.07, 6.45) is 1.80. The molecule has 0 radical (unpaired) electrons. The van der Waals surface area contributed by atoms with Gasteiger partial charge in [-0.2, -0.15) is 0 Å².